The van der Waals surface area contributed by atoms with Crippen molar-refractivity contribution < 1.29 is 33.7 Å². The summed E-state index contributed by atoms with van der Waals surface area (Å²) in [6.07, 6.45) is 4.32. The number of methoxy groups -OCH3 is 2. The molecular formula is C37H32N2O8. The van der Waals surface area contributed by atoms with Gasteiger partial charge >= 0.3 is 5.97 Å². The number of pyridine rings is 2. The van der Waals surface area contributed by atoms with E-state index in [1.807, 2.05) is 42.5 Å². The van der Waals surface area contributed by atoms with E-state index in [1.165, 1.54) is 19.3 Å². The number of fused-ring (bicyclic) bond motifs is 5. The van der Waals surface area contributed by atoms with Crippen LogP contribution >= 0.6 is 0 Å². The van der Waals surface area contributed by atoms with Crippen LogP contribution in [0.25, 0.3) is 22.3 Å². The van der Waals surface area contributed by atoms with E-state index in [1.54, 1.807) is 42.9 Å². The van der Waals surface area contributed by atoms with Crippen LogP contribution in [0.2, 0.25) is 0 Å². The van der Waals surface area contributed by atoms with Crippen LogP contribution in [0.5, 0.6) is 5.75 Å². The van der Waals surface area contributed by atoms with Crippen LogP contribution in [0.3, 0.4) is 0 Å². The van der Waals surface area contributed by atoms with Crippen LogP contribution in [0, 0.1) is 0 Å². The van der Waals surface area contributed by atoms with Gasteiger partial charge in [0, 0.05) is 34.1 Å². The molecule has 2 aromatic carbocycles. The summed E-state index contributed by atoms with van der Waals surface area (Å²) in [5.41, 5.74) is 3.07. The molecule has 10 nitrogen and oxygen atoms in total. The SMILES string of the molecule is C=CC(C1=CC(=O)C(OC)=CC1=O)c1ccc(OC)cc1.CCC1(O)C(=O)OCc2c1cc1n(c2=O)Cc2cc3ccccc3nc2-1. The Hall–Kier alpha value is -5.61. The number of ether oxygens (including phenoxy) is 3. The monoisotopic (exact) mass is 632 g/mol. The van der Waals surface area contributed by atoms with E-state index in [2.05, 4.69) is 6.58 Å². The molecule has 0 amide bonds. The molecule has 10 heteroatoms. The van der Waals surface area contributed by atoms with Crippen molar-refractivity contribution in [1.29, 1.82) is 0 Å². The molecule has 2 atom stereocenters. The van der Waals surface area contributed by atoms with Crippen molar-refractivity contribution in [3.05, 3.63) is 129 Å². The van der Waals surface area contributed by atoms with E-state index in [9.17, 15) is 24.3 Å². The van der Waals surface area contributed by atoms with Gasteiger partial charge in [-0.05, 0) is 48.4 Å². The van der Waals surface area contributed by atoms with Gasteiger partial charge in [0.1, 0.15) is 12.4 Å². The highest BCUT2D eigenvalue weighted by Crippen LogP contribution is 2.38. The van der Waals surface area contributed by atoms with Crippen molar-refractivity contribution in [3.8, 4) is 17.1 Å². The Morgan fingerprint density at radius 3 is 2.45 bits per heavy atom. The van der Waals surface area contributed by atoms with E-state index < -0.39 is 11.6 Å². The summed E-state index contributed by atoms with van der Waals surface area (Å²) in [7, 11) is 2.95. The lowest BCUT2D eigenvalue weighted by Crippen LogP contribution is -2.44. The Labute approximate surface area is 270 Å². The van der Waals surface area contributed by atoms with Gasteiger partial charge in [0.25, 0.3) is 5.56 Å². The molecule has 1 aliphatic carbocycles. The molecule has 238 valence electrons. The molecule has 2 aromatic heterocycles. The molecule has 4 heterocycles. The van der Waals surface area contributed by atoms with Gasteiger partial charge in [0.05, 0.1) is 43.2 Å². The maximum absolute atomic E-state index is 13.0. The largest absolute Gasteiger partial charge is 0.497 e. The zero-order valence-electron chi connectivity index (χ0n) is 26.1. The van der Waals surface area contributed by atoms with Crippen LogP contribution < -0.4 is 10.3 Å². The summed E-state index contributed by atoms with van der Waals surface area (Å²) in [5.74, 6) is -0.826. The minimum Gasteiger partial charge on any atom is -0.497 e. The number of para-hydroxylation sites is 1. The molecule has 0 bridgehead atoms. The van der Waals surface area contributed by atoms with Gasteiger partial charge in [-0.1, -0.05) is 43.3 Å². The lowest BCUT2D eigenvalue weighted by molar-refractivity contribution is -0.172. The first-order valence-corrected chi connectivity index (χ1v) is 15.0. The summed E-state index contributed by atoms with van der Waals surface area (Å²) < 4.78 is 16.7. The molecule has 2 unspecified atom stereocenters. The Morgan fingerprint density at radius 1 is 1.02 bits per heavy atom. The molecule has 0 saturated carbocycles. The van der Waals surface area contributed by atoms with Crippen molar-refractivity contribution in [3.63, 3.8) is 0 Å². The van der Waals surface area contributed by atoms with E-state index in [-0.39, 0.29) is 41.8 Å². The van der Waals surface area contributed by atoms with Crippen LogP contribution in [-0.2, 0) is 42.6 Å². The third-order valence-corrected chi connectivity index (χ3v) is 8.76. The lowest BCUT2D eigenvalue weighted by Gasteiger charge is -2.31. The number of aromatic nitrogens is 2. The topological polar surface area (TPSA) is 134 Å². The minimum atomic E-state index is -1.79. The fourth-order valence-corrected chi connectivity index (χ4v) is 6.14. The van der Waals surface area contributed by atoms with Crippen molar-refractivity contribution in [1.82, 2.24) is 9.55 Å². The second kappa shape index (κ2) is 12.3. The van der Waals surface area contributed by atoms with Crippen molar-refractivity contribution in [2.75, 3.05) is 14.2 Å². The molecule has 3 aliphatic rings. The zero-order valence-corrected chi connectivity index (χ0v) is 26.1. The van der Waals surface area contributed by atoms with E-state index in [0.717, 1.165) is 33.5 Å². The highest BCUT2D eigenvalue weighted by atomic mass is 16.6. The van der Waals surface area contributed by atoms with E-state index in [4.69, 9.17) is 19.2 Å². The van der Waals surface area contributed by atoms with E-state index in [0.29, 0.717) is 28.9 Å². The van der Waals surface area contributed by atoms with Gasteiger partial charge in [-0.3, -0.25) is 14.4 Å². The molecular weight excluding hydrogens is 600 g/mol. The summed E-state index contributed by atoms with van der Waals surface area (Å²) in [6, 6.07) is 18.9. The van der Waals surface area contributed by atoms with Gasteiger partial charge in [-0.2, -0.15) is 0 Å². The summed E-state index contributed by atoms with van der Waals surface area (Å²) >= 11 is 0. The molecule has 0 spiro atoms. The molecule has 0 radical (unpaired) electrons. The second-order valence-corrected chi connectivity index (χ2v) is 11.3. The quantitative estimate of drug-likeness (QED) is 0.161. The number of aliphatic hydroxyl groups is 1. The number of ketones is 2. The number of benzene rings is 2. The first kappa shape index (κ1) is 31.4. The fraction of sp³-hybridized carbons (Fsp3) is 0.216. The standard InChI is InChI=1S/C20H16N2O4.C17H16O4/c1-2-20(25)14-8-16-17-12(7-11-5-3-4-6-15(11)21-17)9-22(16)18(23)13(14)10-26-19(20)24;1-4-13(11-5-7-12(20-2)8-6-11)14-9-16(19)17(21-3)10-15(14)18/h3-8,25H,2,9-10H2,1H3;4-10,13H,1H2,2-3H3. The molecule has 1 N–H and O–H groups in total. The molecule has 47 heavy (non-hydrogen) atoms. The van der Waals surface area contributed by atoms with Gasteiger partial charge in [-0.15, -0.1) is 6.58 Å². The van der Waals surface area contributed by atoms with Crippen molar-refractivity contribution in [2.45, 2.75) is 38.0 Å². The molecule has 2 aliphatic heterocycles. The lowest BCUT2D eigenvalue weighted by atomic mass is 9.85. The maximum Gasteiger partial charge on any atom is 0.343 e. The number of cyclic esters (lactones) is 1. The third-order valence-electron chi connectivity index (χ3n) is 8.76. The molecule has 0 fully saturated rings. The average Bonchev–Trinajstić information content (AvgIpc) is 3.45. The Kier molecular flexibility index (Phi) is 8.21. The number of esters is 1. The van der Waals surface area contributed by atoms with Crippen LogP contribution in [-0.4, -0.2) is 46.4 Å². The van der Waals surface area contributed by atoms with Crippen LogP contribution in [0.15, 0.2) is 102 Å². The van der Waals surface area contributed by atoms with Crippen molar-refractivity contribution in [2.24, 2.45) is 0 Å². The molecule has 0 saturated heterocycles. The second-order valence-electron chi connectivity index (χ2n) is 11.3. The molecule has 7 rings (SSSR count). The van der Waals surface area contributed by atoms with Gasteiger partial charge in [0.15, 0.2) is 17.1 Å². The number of hydrogen-bond donors (Lipinski definition) is 1. The number of hydrogen-bond acceptors (Lipinski definition) is 9. The van der Waals surface area contributed by atoms with Crippen LogP contribution in [0.4, 0.5) is 0 Å². The van der Waals surface area contributed by atoms with Gasteiger partial charge in [-0.25, -0.2) is 9.78 Å². The first-order chi connectivity index (χ1) is 22.6. The number of rotatable bonds is 6. The maximum atomic E-state index is 13.0. The smallest absolute Gasteiger partial charge is 0.343 e. The van der Waals surface area contributed by atoms with Gasteiger partial charge in [0.2, 0.25) is 5.78 Å². The molecule has 4 aromatic rings. The number of allylic oxidation sites excluding steroid dienone is 4. The average molecular weight is 633 g/mol. The third kappa shape index (κ3) is 5.36. The summed E-state index contributed by atoms with van der Waals surface area (Å²) in [4.78, 5) is 53.9. The van der Waals surface area contributed by atoms with Gasteiger partial charge < -0.3 is 23.9 Å². The number of carbonyl (C=O) groups is 3. The predicted octanol–water partition coefficient (Wildman–Crippen LogP) is 4.65. The van der Waals surface area contributed by atoms with Crippen molar-refractivity contribution >= 4 is 28.4 Å². The predicted molar refractivity (Wildman–Crippen MR) is 174 cm³/mol. The summed E-state index contributed by atoms with van der Waals surface area (Å²) in [6.45, 7) is 5.78. The van der Waals surface area contributed by atoms with E-state index >= 15 is 0 Å². The number of nitrogens with zero attached hydrogens (tertiary/aromatic N) is 2. The Balaban J connectivity index is 0.000000169. The fourth-order valence-electron chi connectivity index (χ4n) is 6.14. The highest BCUT2D eigenvalue weighted by Gasteiger charge is 2.45. The minimum absolute atomic E-state index is 0.0568. The highest BCUT2D eigenvalue weighted by molar-refractivity contribution is 6.19. The summed E-state index contributed by atoms with van der Waals surface area (Å²) in [5, 5.41) is 11.8. The zero-order chi connectivity index (χ0) is 33.5. The van der Waals surface area contributed by atoms with Crippen LogP contribution in [0.1, 0.15) is 41.5 Å². The normalized spacial score (nSPS) is 18.4. The number of carbonyl (C=O) groups excluding carboxylic acids is 3. The first-order valence-electron chi connectivity index (χ1n) is 15.0. The Morgan fingerprint density at radius 2 is 1.77 bits per heavy atom. The Bertz CT molecular complexity index is 2090.